The monoisotopic (exact) mass is 349 g/mol. The molecule has 1 aliphatic rings. The third kappa shape index (κ3) is 1.96. The van der Waals surface area contributed by atoms with Crippen LogP contribution in [0.2, 0.25) is 0 Å². The number of carbonyl (C=O) groups excluding carboxylic acids is 1. The molecule has 0 bridgehead atoms. The van der Waals surface area contributed by atoms with Gasteiger partial charge in [0.25, 0.3) is 5.91 Å². The SMILES string of the molecule is CNC(=O)c1cc2c(c(F)c1Br)C(OC)(OC)C(F)C2. The summed E-state index contributed by atoms with van der Waals surface area (Å²) in [4.78, 5) is 11.7. The van der Waals surface area contributed by atoms with Crippen molar-refractivity contribution in [3.63, 3.8) is 0 Å². The van der Waals surface area contributed by atoms with E-state index in [0.29, 0.717) is 5.56 Å². The second kappa shape index (κ2) is 5.38. The lowest BCUT2D eigenvalue weighted by Gasteiger charge is -2.29. The highest BCUT2D eigenvalue weighted by atomic mass is 79.9. The van der Waals surface area contributed by atoms with Crippen molar-refractivity contribution in [3.8, 4) is 0 Å². The quantitative estimate of drug-likeness (QED) is 0.851. The zero-order chi connectivity index (χ0) is 15.1. The fraction of sp³-hybridized carbons (Fsp3) is 0.462. The highest BCUT2D eigenvalue weighted by molar-refractivity contribution is 9.10. The molecule has 0 aliphatic heterocycles. The molecule has 1 N–H and O–H groups in total. The lowest BCUT2D eigenvalue weighted by molar-refractivity contribution is -0.246. The van der Waals surface area contributed by atoms with Crippen LogP contribution in [0.15, 0.2) is 10.5 Å². The van der Waals surface area contributed by atoms with Crippen LogP contribution in [0.1, 0.15) is 21.5 Å². The number of alkyl halides is 1. The first-order valence-electron chi connectivity index (χ1n) is 5.90. The number of rotatable bonds is 3. The van der Waals surface area contributed by atoms with Crippen LogP contribution in [0, 0.1) is 5.82 Å². The van der Waals surface area contributed by atoms with Crippen molar-refractivity contribution in [2.75, 3.05) is 21.3 Å². The number of hydrogen-bond acceptors (Lipinski definition) is 3. The van der Waals surface area contributed by atoms with Crippen molar-refractivity contribution < 1.29 is 23.0 Å². The van der Waals surface area contributed by atoms with Crippen molar-refractivity contribution in [3.05, 3.63) is 33.0 Å². The summed E-state index contributed by atoms with van der Waals surface area (Å²) in [5.74, 6) is -2.98. The van der Waals surface area contributed by atoms with E-state index in [1.807, 2.05) is 0 Å². The molecule has 20 heavy (non-hydrogen) atoms. The maximum Gasteiger partial charge on any atom is 0.252 e. The molecule has 0 radical (unpaired) electrons. The molecule has 4 nitrogen and oxygen atoms in total. The Labute approximate surface area is 123 Å². The molecule has 1 atom stereocenters. The van der Waals surface area contributed by atoms with E-state index in [9.17, 15) is 13.6 Å². The third-order valence-corrected chi connectivity index (χ3v) is 4.30. The van der Waals surface area contributed by atoms with E-state index in [0.717, 1.165) is 0 Å². The summed E-state index contributed by atoms with van der Waals surface area (Å²) in [6, 6.07) is 1.45. The molecule has 7 heteroatoms. The van der Waals surface area contributed by atoms with Crippen LogP contribution >= 0.6 is 15.9 Å². The van der Waals surface area contributed by atoms with E-state index in [1.165, 1.54) is 27.3 Å². The molecule has 0 saturated carbocycles. The lowest BCUT2D eigenvalue weighted by atomic mass is 10.0. The number of halogens is 3. The zero-order valence-corrected chi connectivity index (χ0v) is 12.8. The number of carbonyl (C=O) groups is 1. The Balaban J connectivity index is 2.70. The van der Waals surface area contributed by atoms with E-state index >= 15 is 0 Å². The van der Waals surface area contributed by atoms with Gasteiger partial charge >= 0.3 is 0 Å². The molecule has 2 rings (SSSR count). The minimum absolute atomic E-state index is 0.00507. The number of nitrogens with one attached hydrogen (secondary N) is 1. The molecule has 0 aromatic heterocycles. The van der Waals surface area contributed by atoms with Gasteiger partial charge in [0.1, 0.15) is 5.82 Å². The molecule has 0 fully saturated rings. The molecule has 1 aliphatic carbocycles. The number of amides is 1. The normalized spacial score (nSPS) is 19.8. The summed E-state index contributed by atoms with van der Waals surface area (Å²) in [6.07, 6.45) is -1.63. The third-order valence-electron chi connectivity index (χ3n) is 3.53. The number of methoxy groups -OCH3 is 2. The van der Waals surface area contributed by atoms with Crippen molar-refractivity contribution in [2.45, 2.75) is 18.4 Å². The van der Waals surface area contributed by atoms with Crippen LogP contribution in [-0.2, 0) is 21.7 Å². The van der Waals surface area contributed by atoms with Gasteiger partial charge in [-0.2, -0.15) is 0 Å². The van der Waals surface area contributed by atoms with Crippen LogP contribution in [-0.4, -0.2) is 33.3 Å². The topological polar surface area (TPSA) is 47.6 Å². The predicted molar refractivity (Wildman–Crippen MR) is 71.8 cm³/mol. The molecule has 110 valence electrons. The lowest BCUT2D eigenvalue weighted by Crippen LogP contribution is -2.38. The van der Waals surface area contributed by atoms with Gasteiger partial charge in [0.05, 0.1) is 15.6 Å². The fourth-order valence-corrected chi connectivity index (χ4v) is 3.04. The molecule has 1 amide bonds. The Kier molecular flexibility index (Phi) is 4.13. The minimum Gasteiger partial charge on any atom is -0.355 e. The van der Waals surface area contributed by atoms with E-state index in [4.69, 9.17) is 9.47 Å². The number of fused-ring (bicyclic) bond motifs is 1. The fourth-order valence-electron chi connectivity index (χ4n) is 2.54. The number of hydrogen-bond donors (Lipinski definition) is 1. The van der Waals surface area contributed by atoms with Gasteiger partial charge in [0.15, 0.2) is 6.17 Å². The summed E-state index contributed by atoms with van der Waals surface area (Å²) < 4.78 is 38.9. The minimum atomic E-state index is -1.77. The smallest absolute Gasteiger partial charge is 0.252 e. The zero-order valence-electron chi connectivity index (χ0n) is 11.2. The second-order valence-electron chi connectivity index (χ2n) is 4.41. The van der Waals surface area contributed by atoms with Gasteiger partial charge in [-0.3, -0.25) is 4.79 Å². The summed E-state index contributed by atoms with van der Waals surface area (Å²) >= 11 is 3.04. The van der Waals surface area contributed by atoms with Crippen LogP contribution in [0.5, 0.6) is 0 Å². The van der Waals surface area contributed by atoms with Gasteiger partial charge in [-0.25, -0.2) is 8.78 Å². The Bertz CT molecular complexity index is 561. The molecular weight excluding hydrogens is 336 g/mol. The average molecular weight is 350 g/mol. The van der Waals surface area contributed by atoms with Crippen molar-refractivity contribution in [2.24, 2.45) is 0 Å². The molecular formula is C13H14BrF2NO3. The summed E-state index contributed by atoms with van der Waals surface area (Å²) in [5.41, 5.74) is 0.467. The van der Waals surface area contributed by atoms with Crippen LogP contribution < -0.4 is 5.32 Å². The molecule has 1 aromatic carbocycles. The molecule has 0 heterocycles. The summed E-state index contributed by atoms with van der Waals surface area (Å²) in [6.45, 7) is 0. The maximum absolute atomic E-state index is 14.5. The average Bonchev–Trinajstić information content (AvgIpc) is 2.74. The van der Waals surface area contributed by atoms with E-state index in [1.54, 1.807) is 0 Å². The van der Waals surface area contributed by atoms with Crippen molar-refractivity contribution in [1.82, 2.24) is 5.32 Å². The van der Waals surface area contributed by atoms with Gasteiger partial charge < -0.3 is 14.8 Å². The van der Waals surface area contributed by atoms with Crippen LogP contribution in [0.4, 0.5) is 8.78 Å². The predicted octanol–water partition coefficient (Wildman–Crippen LogP) is 2.29. The first kappa shape index (κ1) is 15.3. The second-order valence-corrected chi connectivity index (χ2v) is 5.21. The summed E-state index contributed by atoms with van der Waals surface area (Å²) in [5, 5.41) is 2.41. The van der Waals surface area contributed by atoms with Crippen LogP contribution in [0.3, 0.4) is 0 Å². The number of ether oxygens (including phenoxy) is 2. The molecule has 1 aromatic rings. The Morgan fingerprint density at radius 3 is 2.60 bits per heavy atom. The molecule has 0 saturated heterocycles. The first-order valence-corrected chi connectivity index (χ1v) is 6.70. The van der Waals surface area contributed by atoms with Crippen LogP contribution in [0.25, 0.3) is 0 Å². The van der Waals surface area contributed by atoms with E-state index < -0.39 is 23.7 Å². The van der Waals surface area contributed by atoms with E-state index in [-0.39, 0.29) is 22.0 Å². The Morgan fingerprint density at radius 2 is 2.10 bits per heavy atom. The summed E-state index contributed by atoms with van der Waals surface area (Å²) in [7, 11) is 3.95. The van der Waals surface area contributed by atoms with Crippen molar-refractivity contribution in [1.29, 1.82) is 0 Å². The highest BCUT2D eigenvalue weighted by Gasteiger charge is 2.51. The maximum atomic E-state index is 14.5. The Hall–Kier alpha value is -1.05. The molecule has 0 spiro atoms. The largest absolute Gasteiger partial charge is 0.355 e. The van der Waals surface area contributed by atoms with Crippen molar-refractivity contribution >= 4 is 21.8 Å². The highest BCUT2D eigenvalue weighted by Crippen LogP contribution is 2.46. The first-order chi connectivity index (χ1) is 9.42. The van der Waals surface area contributed by atoms with Gasteiger partial charge in [0, 0.05) is 27.7 Å². The van der Waals surface area contributed by atoms with Gasteiger partial charge in [-0.1, -0.05) is 0 Å². The standard InChI is InChI=1S/C13H14BrF2NO3/c1-17-12(18)7-4-6-5-8(15)13(19-2,20-3)9(6)11(16)10(7)14/h4,8H,5H2,1-3H3,(H,17,18). The van der Waals surface area contributed by atoms with Gasteiger partial charge in [0.2, 0.25) is 5.79 Å². The Morgan fingerprint density at radius 1 is 1.50 bits per heavy atom. The van der Waals surface area contributed by atoms with E-state index in [2.05, 4.69) is 21.2 Å². The molecule has 1 unspecified atom stereocenters. The van der Waals surface area contributed by atoms with Gasteiger partial charge in [-0.15, -0.1) is 0 Å². The number of benzene rings is 1. The van der Waals surface area contributed by atoms with Gasteiger partial charge in [-0.05, 0) is 27.6 Å².